The highest BCUT2D eigenvalue weighted by Crippen LogP contribution is 2.23. The van der Waals surface area contributed by atoms with Crippen molar-refractivity contribution in [2.75, 3.05) is 10.6 Å². The molecule has 3 aromatic rings. The van der Waals surface area contributed by atoms with Gasteiger partial charge in [-0.3, -0.25) is 0 Å². The molecule has 0 atom stereocenters. The van der Waals surface area contributed by atoms with Crippen molar-refractivity contribution in [3.05, 3.63) is 70.9 Å². The van der Waals surface area contributed by atoms with E-state index in [-0.39, 0.29) is 0 Å². The molecule has 4 nitrogen and oxygen atoms in total. The molecule has 1 heterocycles. The summed E-state index contributed by atoms with van der Waals surface area (Å²) in [6.45, 7) is 8.24. The first-order chi connectivity index (χ1) is 11.5. The fourth-order valence-electron chi connectivity index (χ4n) is 2.65. The van der Waals surface area contributed by atoms with E-state index >= 15 is 0 Å². The standard InChI is InChI=1S/C20H22N4/c1-13-9-14(2)11-17(10-13)22-20-21-12-16(4)19(24-20)23-18-8-6-5-7-15(18)3/h5-12H,1-4H3,(H2,21,22,23,24). The average molecular weight is 318 g/mol. The van der Waals surface area contributed by atoms with Crippen LogP contribution in [0.15, 0.2) is 48.7 Å². The van der Waals surface area contributed by atoms with Crippen LogP contribution in [0.25, 0.3) is 0 Å². The van der Waals surface area contributed by atoms with Crippen LogP contribution in [0, 0.1) is 27.7 Å². The van der Waals surface area contributed by atoms with Gasteiger partial charge in [-0.2, -0.15) is 4.98 Å². The number of hydrogen-bond donors (Lipinski definition) is 2. The Balaban J connectivity index is 1.87. The van der Waals surface area contributed by atoms with Gasteiger partial charge in [-0.05, 0) is 62.6 Å². The number of anilines is 4. The Morgan fingerprint density at radius 2 is 1.50 bits per heavy atom. The van der Waals surface area contributed by atoms with Gasteiger partial charge in [0, 0.05) is 23.1 Å². The van der Waals surface area contributed by atoms with Crippen LogP contribution in [0.4, 0.5) is 23.1 Å². The molecule has 0 fully saturated rings. The van der Waals surface area contributed by atoms with Crippen LogP contribution < -0.4 is 10.6 Å². The van der Waals surface area contributed by atoms with Gasteiger partial charge in [0.15, 0.2) is 0 Å². The Bertz CT molecular complexity index is 851. The molecule has 1 aromatic heterocycles. The molecule has 4 heteroatoms. The molecule has 0 bridgehead atoms. The molecule has 0 aliphatic heterocycles. The predicted octanol–water partition coefficient (Wildman–Crippen LogP) is 5.20. The van der Waals surface area contributed by atoms with Gasteiger partial charge in [-0.1, -0.05) is 24.3 Å². The monoisotopic (exact) mass is 318 g/mol. The molecule has 3 rings (SSSR count). The molecule has 0 radical (unpaired) electrons. The highest BCUT2D eigenvalue weighted by atomic mass is 15.1. The summed E-state index contributed by atoms with van der Waals surface area (Å²) in [7, 11) is 0. The molecule has 0 saturated heterocycles. The first-order valence-electron chi connectivity index (χ1n) is 8.03. The molecule has 0 saturated carbocycles. The quantitative estimate of drug-likeness (QED) is 0.694. The lowest BCUT2D eigenvalue weighted by atomic mass is 10.1. The summed E-state index contributed by atoms with van der Waals surface area (Å²) in [6, 6.07) is 14.5. The van der Waals surface area contributed by atoms with Crippen LogP contribution in [0.1, 0.15) is 22.3 Å². The summed E-state index contributed by atoms with van der Waals surface area (Å²) in [5.74, 6) is 1.40. The van der Waals surface area contributed by atoms with Crippen LogP contribution in [-0.2, 0) is 0 Å². The number of nitrogens with zero attached hydrogens (tertiary/aromatic N) is 2. The highest BCUT2D eigenvalue weighted by molar-refractivity contribution is 5.64. The van der Waals surface area contributed by atoms with Crippen LogP contribution in [-0.4, -0.2) is 9.97 Å². The Morgan fingerprint density at radius 3 is 2.21 bits per heavy atom. The molecular weight excluding hydrogens is 296 g/mol. The van der Waals surface area contributed by atoms with E-state index in [1.54, 1.807) is 0 Å². The third-order valence-corrected chi connectivity index (χ3v) is 3.85. The first-order valence-corrected chi connectivity index (χ1v) is 8.03. The largest absolute Gasteiger partial charge is 0.340 e. The van der Waals surface area contributed by atoms with E-state index in [0.717, 1.165) is 22.8 Å². The van der Waals surface area contributed by atoms with Gasteiger partial charge in [-0.25, -0.2) is 4.98 Å². The molecular formula is C20H22N4. The molecule has 24 heavy (non-hydrogen) atoms. The van der Waals surface area contributed by atoms with E-state index in [4.69, 9.17) is 0 Å². The number of nitrogens with one attached hydrogen (secondary N) is 2. The Kier molecular flexibility index (Phi) is 4.47. The van der Waals surface area contributed by atoms with Gasteiger partial charge in [0.2, 0.25) is 5.95 Å². The van der Waals surface area contributed by atoms with Crippen molar-refractivity contribution in [1.29, 1.82) is 0 Å². The number of benzene rings is 2. The molecule has 122 valence electrons. The Labute approximate surface area is 143 Å². The van der Waals surface area contributed by atoms with Crippen molar-refractivity contribution >= 4 is 23.1 Å². The van der Waals surface area contributed by atoms with Crippen molar-refractivity contribution in [2.24, 2.45) is 0 Å². The maximum Gasteiger partial charge on any atom is 0.229 e. The van der Waals surface area contributed by atoms with Gasteiger partial charge in [0.1, 0.15) is 5.82 Å². The molecule has 0 aliphatic carbocycles. The van der Waals surface area contributed by atoms with Gasteiger partial charge < -0.3 is 10.6 Å². The van der Waals surface area contributed by atoms with E-state index in [0.29, 0.717) is 5.95 Å². The predicted molar refractivity (Wildman–Crippen MR) is 100 cm³/mol. The van der Waals surface area contributed by atoms with Crippen LogP contribution in [0.3, 0.4) is 0 Å². The summed E-state index contributed by atoms with van der Waals surface area (Å²) in [4.78, 5) is 9.03. The zero-order chi connectivity index (χ0) is 17.1. The second kappa shape index (κ2) is 6.71. The van der Waals surface area contributed by atoms with Crippen LogP contribution >= 0.6 is 0 Å². The summed E-state index contributed by atoms with van der Waals surface area (Å²) in [6.07, 6.45) is 1.83. The van der Waals surface area contributed by atoms with E-state index in [9.17, 15) is 0 Å². The maximum atomic E-state index is 4.63. The van der Waals surface area contributed by atoms with E-state index in [1.807, 2.05) is 31.3 Å². The smallest absolute Gasteiger partial charge is 0.229 e. The average Bonchev–Trinajstić information content (AvgIpc) is 2.52. The van der Waals surface area contributed by atoms with Crippen molar-refractivity contribution in [1.82, 2.24) is 9.97 Å². The lowest BCUT2D eigenvalue weighted by Gasteiger charge is -2.13. The maximum absolute atomic E-state index is 4.63. The number of hydrogen-bond acceptors (Lipinski definition) is 4. The summed E-state index contributed by atoms with van der Waals surface area (Å²) >= 11 is 0. The summed E-state index contributed by atoms with van der Waals surface area (Å²) in [5.41, 5.74) is 6.66. The zero-order valence-corrected chi connectivity index (χ0v) is 14.5. The molecule has 0 amide bonds. The number of aryl methyl sites for hydroxylation is 4. The Morgan fingerprint density at radius 1 is 0.792 bits per heavy atom. The van der Waals surface area contributed by atoms with Crippen molar-refractivity contribution < 1.29 is 0 Å². The summed E-state index contributed by atoms with van der Waals surface area (Å²) < 4.78 is 0. The van der Waals surface area contributed by atoms with E-state index in [1.165, 1.54) is 16.7 Å². The number of aromatic nitrogens is 2. The fourth-order valence-corrected chi connectivity index (χ4v) is 2.65. The van der Waals surface area contributed by atoms with Gasteiger partial charge in [-0.15, -0.1) is 0 Å². The Hall–Kier alpha value is -2.88. The van der Waals surface area contributed by atoms with Gasteiger partial charge in [0.05, 0.1) is 0 Å². The molecule has 2 aromatic carbocycles. The molecule has 0 unspecified atom stereocenters. The third kappa shape index (κ3) is 3.71. The summed E-state index contributed by atoms with van der Waals surface area (Å²) in [5, 5.41) is 6.69. The second-order valence-electron chi connectivity index (χ2n) is 6.17. The van der Waals surface area contributed by atoms with Crippen molar-refractivity contribution in [2.45, 2.75) is 27.7 Å². The fraction of sp³-hybridized carbons (Fsp3) is 0.200. The van der Waals surface area contributed by atoms with E-state index in [2.05, 4.69) is 65.6 Å². The lowest BCUT2D eigenvalue weighted by Crippen LogP contribution is -2.03. The van der Waals surface area contributed by atoms with Crippen molar-refractivity contribution in [3.8, 4) is 0 Å². The normalized spacial score (nSPS) is 10.5. The second-order valence-corrected chi connectivity index (χ2v) is 6.17. The molecule has 2 N–H and O–H groups in total. The zero-order valence-electron chi connectivity index (χ0n) is 14.5. The van der Waals surface area contributed by atoms with Crippen LogP contribution in [0.5, 0.6) is 0 Å². The minimum atomic E-state index is 0.585. The minimum absolute atomic E-state index is 0.585. The van der Waals surface area contributed by atoms with Crippen molar-refractivity contribution in [3.63, 3.8) is 0 Å². The number of rotatable bonds is 4. The third-order valence-electron chi connectivity index (χ3n) is 3.85. The van der Waals surface area contributed by atoms with E-state index < -0.39 is 0 Å². The van der Waals surface area contributed by atoms with Gasteiger partial charge in [0.25, 0.3) is 0 Å². The number of para-hydroxylation sites is 1. The SMILES string of the molecule is Cc1cc(C)cc(Nc2ncc(C)c(Nc3ccccc3C)n2)c1. The highest BCUT2D eigenvalue weighted by Gasteiger charge is 2.06. The van der Waals surface area contributed by atoms with Gasteiger partial charge >= 0.3 is 0 Å². The topological polar surface area (TPSA) is 49.8 Å². The van der Waals surface area contributed by atoms with Crippen LogP contribution in [0.2, 0.25) is 0 Å². The lowest BCUT2D eigenvalue weighted by molar-refractivity contribution is 1.13. The minimum Gasteiger partial charge on any atom is -0.340 e. The molecule has 0 aliphatic rings. The first kappa shape index (κ1) is 16.0. The molecule has 0 spiro atoms.